The molecule has 21 heavy (non-hydrogen) atoms. The number of nitrogens with zero attached hydrogens (tertiary/aromatic N) is 1. The van der Waals surface area contributed by atoms with Crippen LogP contribution in [0.15, 0.2) is 22.7 Å². The van der Waals surface area contributed by atoms with Gasteiger partial charge in [-0.2, -0.15) is 0 Å². The maximum atomic E-state index is 12.1. The second-order valence-corrected chi connectivity index (χ2v) is 6.38. The molecule has 7 heteroatoms. The highest BCUT2D eigenvalue weighted by molar-refractivity contribution is 9.10. The highest BCUT2D eigenvalue weighted by atomic mass is 79.9. The lowest BCUT2D eigenvalue weighted by Gasteiger charge is -2.33. The second-order valence-electron chi connectivity index (χ2n) is 5.53. The van der Waals surface area contributed by atoms with Crippen LogP contribution in [-0.2, 0) is 4.74 Å². The number of carbonyl (C=O) groups excluding carboxylic acids is 1. The van der Waals surface area contributed by atoms with Crippen molar-refractivity contribution < 1.29 is 14.5 Å². The van der Waals surface area contributed by atoms with Crippen molar-refractivity contribution in [3.8, 4) is 0 Å². The van der Waals surface area contributed by atoms with E-state index in [-0.39, 0.29) is 17.0 Å². The van der Waals surface area contributed by atoms with Crippen LogP contribution in [0.2, 0.25) is 0 Å². The third-order valence-electron chi connectivity index (χ3n) is 3.78. The molecule has 1 aromatic rings. The topological polar surface area (TPSA) is 81.5 Å². The predicted molar refractivity (Wildman–Crippen MR) is 81.3 cm³/mol. The second kappa shape index (κ2) is 6.53. The van der Waals surface area contributed by atoms with E-state index in [4.69, 9.17) is 4.74 Å². The van der Waals surface area contributed by atoms with E-state index >= 15 is 0 Å². The number of ether oxygens (including phenoxy) is 1. The Morgan fingerprint density at radius 1 is 1.48 bits per heavy atom. The van der Waals surface area contributed by atoms with E-state index in [1.54, 1.807) is 6.07 Å². The average molecular weight is 357 g/mol. The van der Waals surface area contributed by atoms with Crippen molar-refractivity contribution in [2.45, 2.75) is 19.8 Å². The van der Waals surface area contributed by atoms with Gasteiger partial charge in [-0.1, -0.05) is 6.92 Å². The molecule has 0 radical (unpaired) electrons. The Kier molecular flexibility index (Phi) is 4.95. The van der Waals surface area contributed by atoms with Crippen molar-refractivity contribution >= 4 is 27.5 Å². The molecule has 1 saturated heterocycles. The van der Waals surface area contributed by atoms with Gasteiger partial charge in [0.25, 0.3) is 11.6 Å². The molecule has 0 aromatic heterocycles. The van der Waals surface area contributed by atoms with Crippen LogP contribution >= 0.6 is 15.9 Å². The van der Waals surface area contributed by atoms with Crippen LogP contribution in [-0.4, -0.2) is 30.6 Å². The zero-order valence-electron chi connectivity index (χ0n) is 11.7. The van der Waals surface area contributed by atoms with Gasteiger partial charge in [0, 0.05) is 31.4 Å². The molecule has 0 bridgehead atoms. The first kappa shape index (κ1) is 15.9. The number of rotatable bonds is 4. The Hall–Kier alpha value is -1.47. The largest absolute Gasteiger partial charge is 0.381 e. The van der Waals surface area contributed by atoms with Crippen molar-refractivity contribution in [1.82, 2.24) is 5.32 Å². The molecule has 1 aromatic carbocycles. The van der Waals surface area contributed by atoms with Crippen molar-refractivity contribution in [3.05, 3.63) is 38.3 Å². The summed E-state index contributed by atoms with van der Waals surface area (Å²) in [6.45, 7) is 4.06. The molecule has 1 heterocycles. The molecule has 0 saturated carbocycles. The summed E-state index contributed by atoms with van der Waals surface area (Å²) < 4.78 is 5.68. The Labute approximate surface area is 131 Å². The van der Waals surface area contributed by atoms with E-state index in [0.29, 0.717) is 29.8 Å². The lowest BCUT2D eigenvalue weighted by molar-refractivity contribution is -0.385. The van der Waals surface area contributed by atoms with Crippen LogP contribution < -0.4 is 5.32 Å². The Balaban J connectivity index is 2.03. The van der Waals surface area contributed by atoms with Gasteiger partial charge in [0.1, 0.15) is 0 Å². The van der Waals surface area contributed by atoms with E-state index in [0.717, 1.165) is 12.8 Å². The zero-order chi connectivity index (χ0) is 15.5. The molecule has 6 nitrogen and oxygen atoms in total. The summed E-state index contributed by atoms with van der Waals surface area (Å²) in [7, 11) is 0. The third kappa shape index (κ3) is 4.01. The SMILES string of the molecule is CC1(CNC(=O)c2ccc(Br)c([N+](=O)[O-])c2)CCOCC1. The summed E-state index contributed by atoms with van der Waals surface area (Å²) in [5, 5.41) is 13.7. The van der Waals surface area contributed by atoms with E-state index in [1.165, 1.54) is 12.1 Å². The van der Waals surface area contributed by atoms with Gasteiger partial charge in [0.05, 0.1) is 9.40 Å². The number of nitro benzene ring substituents is 1. The predicted octanol–water partition coefficient (Wildman–Crippen LogP) is 2.90. The summed E-state index contributed by atoms with van der Waals surface area (Å²) in [5.41, 5.74) is 0.204. The van der Waals surface area contributed by atoms with Crippen molar-refractivity contribution in [3.63, 3.8) is 0 Å². The Bertz CT molecular complexity index is 556. The number of nitro groups is 1. The lowest BCUT2D eigenvalue weighted by Crippen LogP contribution is -2.39. The molecule has 2 rings (SSSR count). The molecule has 1 aliphatic rings. The van der Waals surface area contributed by atoms with Crippen LogP contribution in [0.4, 0.5) is 5.69 Å². The van der Waals surface area contributed by atoms with E-state index in [1.807, 2.05) is 0 Å². The maximum Gasteiger partial charge on any atom is 0.284 e. The van der Waals surface area contributed by atoms with Crippen molar-refractivity contribution in [2.24, 2.45) is 5.41 Å². The van der Waals surface area contributed by atoms with Crippen molar-refractivity contribution in [2.75, 3.05) is 19.8 Å². The Morgan fingerprint density at radius 3 is 2.76 bits per heavy atom. The minimum Gasteiger partial charge on any atom is -0.381 e. The van der Waals surface area contributed by atoms with E-state index < -0.39 is 4.92 Å². The molecule has 0 atom stereocenters. The normalized spacial score (nSPS) is 17.2. The fraction of sp³-hybridized carbons (Fsp3) is 0.500. The highest BCUT2D eigenvalue weighted by Gasteiger charge is 2.28. The summed E-state index contributed by atoms with van der Waals surface area (Å²) in [6, 6.07) is 4.37. The smallest absolute Gasteiger partial charge is 0.284 e. The lowest BCUT2D eigenvalue weighted by atomic mass is 9.82. The molecular formula is C14H17BrN2O4. The van der Waals surface area contributed by atoms with Gasteiger partial charge < -0.3 is 10.1 Å². The molecule has 1 N–H and O–H groups in total. The third-order valence-corrected chi connectivity index (χ3v) is 4.45. The van der Waals surface area contributed by atoms with Gasteiger partial charge in [-0.05, 0) is 46.3 Å². The average Bonchev–Trinajstić information content (AvgIpc) is 2.46. The van der Waals surface area contributed by atoms with Crippen LogP contribution in [0.3, 0.4) is 0 Å². The zero-order valence-corrected chi connectivity index (χ0v) is 13.3. The van der Waals surface area contributed by atoms with E-state index in [2.05, 4.69) is 28.2 Å². The number of carbonyl (C=O) groups is 1. The molecule has 0 unspecified atom stereocenters. The number of benzene rings is 1. The van der Waals surface area contributed by atoms with Crippen LogP contribution in [0.1, 0.15) is 30.1 Å². The van der Waals surface area contributed by atoms with Crippen LogP contribution in [0.25, 0.3) is 0 Å². The van der Waals surface area contributed by atoms with E-state index in [9.17, 15) is 14.9 Å². The molecule has 114 valence electrons. The quantitative estimate of drug-likeness (QED) is 0.664. The number of nitrogens with one attached hydrogen (secondary N) is 1. The fourth-order valence-electron chi connectivity index (χ4n) is 2.23. The molecular weight excluding hydrogens is 340 g/mol. The van der Waals surface area contributed by atoms with Crippen LogP contribution in [0.5, 0.6) is 0 Å². The summed E-state index contributed by atoms with van der Waals surface area (Å²) in [6.07, 6.45) is 1.79. The van der Waals surface area contributed by atoms with Crippen molar-refractivity contribution in [1.29, 1.82) is 0 Å². The summed E-state index contributed by atoms with van der Waals surface area (Å²) in [5.74, 6) is -0.293. The molecule has 1 fully saturated rings. The van der Waals surface area contributed by atoms with Gasteiger partial charge >= 0.3 is 0 Å². The molecule has 1 aliphatic heterocycles. The van der Waals surface area contributed by atoms with Gasteiger partial charge in [0.15, 0.2) is 0 Å². The minimum atomic E-state index is -0.513. The highest BCUT2D eigenvalue weighted by Crippen LogP contribution is 2.29. The summed E-state index contributed by atoms with van der Waals surface area (Å²) in [4.78, 5) is 22.5. The fourth-order valence-corrected chi connectivity index (χ4v) is 2.62. The first-order valence-electron chi connectivity index (χ1n) is 6.71. The number of hydrogen-bond donors (Lipinski definition) is 1. The maximum absolute atomic E-state index is 12.1. The van der Waals surface area contributed by atoms with Gasteiger partial charge in [-0.25, -0.2) is 0 Å². The molecule has 0 aliphatic carbocycles. The van der Waals surface area contributed by atoms with Gasteiger partial charge in [-0.3, -0.25) is 14.9 Å². The number of hydrogen-bond acceptors (Lipinski definition) is 4. The summed E-state index contributed by atoms with van der Waals surface area (Å²) >= 11 is 3.10. The number of amides is 1. The van der Waals surface area contributed by atoms with Gasteiger partial charge in [-0.15, -0.1) is 0 Å². The first-order chi connectivity index (χ1) is 9.91. The first-order valence-corrected chi connectivity index (χ1v) is 7.50. The van der Waals surface area contributed by atoms with Gasteiger partial charge in [0.2, 0.25) is 0 Å². The number of halogens is 1. The Morgan fingerprint density at radius 2 is 2.14 bits per heavy atom. The van der Waals surface area contributed by atoms with Crippen LogP contribution in [0, 0.1) is 15.5 Å². The monoisotopic (exact) mass is 356 g/mol. The minimum absolute atomic E-state index is 0.0230. The molecule has 0 spiro atoms. The molecule has 1 amide bonds. The standard InChI is InChI=1S/C14H17BrN2O4/c1-14(4-6-21-7-5-14)9-16-13(18)10-2-3-11(15)12(8-10)17(19)20/h2-3,8H,4-7,9H2,1H3,(H,16,18).